The zero-order valence-electron chi connectivity index (χ0n) is 40.2. The fraction of sp³-hybridized carbons (Fsp3) is 0.176. The molecule has 5 aromatic carbocycles. The molecule has 76 heavy (non-hydrogen) atoms. The third-order valence-corrected chi connectivity index (χ3v) is 14.1. The first-order valence-corrected chi connectivity index (χ1v) is 26.2. The van der Waals surface area contributed by atoms with Crippen molar-refractivity contribution in [3.05, 3.63) is 174 Å². The second kappa shape index (κ2) is 23.1. The van der Waals surface area contributed by atoms with Gasteiger partial charge < -0.3 is 29.7 Å². The predicted molar refractivity (Wildman–Crippen MR) is 291 cm³/mol. The number of benzene rings is 5. The molecule has 0 saturated heterocycles. The van der Waals surface area contributed by atoms with E-state index < -0.39 is 43.0 Å². The zero-order valence-corrected chi connectivity index (χ0v) is 44.9. The number of ether oxygens (including phenoxy) is 2. The van der Waals surface area contributed by atoms with Crippen molar-refractivity contribution in [2.24, 2.45) is 0 Å². The number of nitrogen functional groups attached to an aromatic ring is 1. The first-order chi connectivity index (χ1) is 36.3. The standard InChI is InChI=1S/C22H17BrFN5O3.C15H11BrClN3.C7H7FN2O3.C7H8O3S/c1-32-20-8-16(24)19(29(30)31)9-17(20)26-22-25-10-15(23)21(27-22)14-11-28(12-6-7-12)18-5-3-2-4-13(14)18;16-12-7-18-15(17)19-14(12)11-8-20(9-5-6-9)13-4-2-1-3-10(11)13;1-13-7-2-4(8)6(10(11)12)3-5(7)9;1-6-2-4-7(5-3-6)11(8,9)10/h2-5,8-12H,6-7H2,1H3,(H,25,26,27);1-4,7-9H,5-6H2;2-3H,9H2,1H3;2-5H,1H3,(H,8,9,10). The summed E-state index contributed by atoms with van der Waals surface area (Å²) in [5, 5.41) is 26.9. The van der Waals surface area contributed by atoms with Crippen molar-refractivity contribution in [3.8, 4) is 34.0 Å². The van der Waals surface area contributed by atoms with Crippen LogP contribution in [0.1, 0.15) is 43.3 Å². The normalized spacial score (nSPS) is 12.9. The van der Waals surface area contributed by atoms with E-state index in [0.29, 0.717) is 22.3 Å². The lowest BCUT2D eigenvalue weighted by molar-refractivity contribution is -0.387. The summed E-state index contributed by atoms with van der Waals surface area (Å²) in [6.07, 6.45) is 12.4. The minimum Gasteiger partial charge on any atom is -0.494 e. The molecule has 0 spiro atoms. The number of hydrogen-bond acceptors (Lipinski definition) is 14. The predicted octanol–water partition coefficient (Wildman–Crippen LogP) is 13.4. The SMILES string of the molecule is COc1cc(F)c([N+](=O)[O-])cc1N.COc1cc(F)c([N+](=O)[O-])cc1Nc1ncc(Br)c(-c2cn(C3CC3)c3ccccc23)n1.Cc1ccc(S(=O)(=O)O)cc1.Clc1ncc(Br)c(-c2cn(C3CC3)c3ccccc23)n1. The summed E-state index contributed by atoms with van der Waals surface area (Å²) >= 11 is 13.0. The summed E-state index contributed by atoms with van der Waals surface area (Å²) < 4.78 is 72.5. The highest BCUT2D eigenvalue weighted by Gasteiger charge is 2.28. The lowest BCUT2D eigenvalue weighted by Gasteiger charge is -2.11. The molecule has 2 saturated carbocycles. The van der Waals surface area contributed by atoms with Gasteiger partial charge in [-0.25, -0.2) is 19.9 Å². The maximum Gasteiger partial charge on any atom is 0.307 e. The van der Waals surface area contributed by atoms with Gasteiger partial charge in [-0.3, -0.25) is 24.8 Å². The maximum atomic E-state index is 14.0. The van der Waals surface area contributed by atoms with E-state index in [9.17, 15) is 37.4 Å². The summed E-state index contributed by atoms with van der Waals surface area (Å²) in [7, 11) is -1.36. The lowest BCUT2D eigenvalue weighted by atomic mass is 10.1. The van der Waals surface area contributed by atoms with Crippen LogP contribution < -0.4 is 20.5 Å². The first-order valence-electron chi connectivity index (χ1n) is 22.8. The van der Waals surface area contributed by atoms with Crippen LogP contribution in [-0.4, -0.2) is 66.1 Å². The van der Waals surface area contributed by atoms with E-state index in [0.717, 1.165) is 74.9 Å². The van der Waals surface area contributed by atoms with Crippen molar-refractivity contribution < 1.29 is 41.1 Å². The number of aryl methyl sites for hydroxylation is 1. The number of nitrogens with two attached hydrogens (primary N) is 1. The smallest absolute Gasteiger partial charge is 0.307 e. The number of nitro benzene ring substituents is 2. The van der Waals surface area contributed by atoms with Crippen molar-refractivity contribution >= 4 is 104 Å². The molecule has 4 heterocycles. The van der Waals surface area contributed by atoms with Gasteiger partial charge in [0.1, 0.15) is 11.5 Å². The Bertz CT molecular complexity index is 3790. The number of methoxy groups -OCH3 is 2. The van der Waals surface area contributed by atoms with E-state index in [1.165, 1.54) is 50.1 Å². The van der Waals surface area contributed by atoms with Gasteiger partial charge in [-0.1, -0.05) is 54.1 Å². The van der Waals surface area contributed by atoms with Gasteiger partial charge in [-0.05, 0) is 100 Å². The van der Waals surface area contributed by atoms with E-state index in [1.807, 2.05) is 19.1 Å². The Hall–Kier alpha value is -7.64. The molecule has 2 aliphatic carbocycles. The van der Waals surface area contributed by atoms with E-state index in [1.54, 1.807) is 24.5 Å². The summed E-state index contributed by atoms with van der Waals surface area (Å²) in [6, 6.07) is 27.5. The Morgan fingerprint density at radius 3 is 1.70 bits per heavy atom. The van der Waals surface area contributed by atoms with Gasteiger partial charge in [0.15, 0.2) is 0 Å². The minimum atomic E-state index is -4.02. The highest BCUT2D eigenvalue weighted by atomic mass is 79.9. The Morgan fingerprint density at radius 2 is 1.21 bits per heavy atom. The third kappa shape index (κ3) is 12.5. The Labute approximate surface area is 454 Å². The van der Waals surface area contributed by atoms with Gasteiger partial charge in [0, 0.05) is 94.1 Å². The van der Waals surface area contributed by atoms with Crippen molar-refractivity contribution in [3.63, 3.8) is 0 Å². The minimum absolute atomic E-state index is 0.0376. The van der Waals surface area contributed by atoms with E-state index >= 15 is 0 Å². The summed E-state index contributed by atoms with van der Waals surface area (Å²) in [4.78, 5) is 37.0. The molecule has 392 valence electrons. The van der Waals surface area contributed by atoms with Crippen LogP contribution in [0, 0.1) is 38.8 Å². The average molecular weight is 1210 g/mol. The fourth-order valence-electron chi connectivity index (χ4n) is 7.90. The van der Waals surface area contributed by atoms with Gasteiger partial charge in [0.25, 0.3) is 10.1 Å². The van der Waals surface area contributed by atoms with Gasteiger partial charge >= 0.3 is 11.4 Å². The Morgan fingerprint density at radius 1 is 0.737 bits per heavy atom. The molecule has 11 rings (SSSR count). The fourth-order valence-corrected chi connectivity index (χ4v) is 9.33. The summed E-state index contributed by atoms with van der Waals surface area (Å²) in [6.45, 7) is 1.84. The quantitative estimate of drug-likeness (QED) is 0.0358. The molecule has 0 radical (unpaired) electrons. The third-order valence-electron chi connectivity index (χ3n) is 11.9. The molecule has 0 bridgehead atoms. The van der Waals surface area contributed by atoms with Gasteiger partial charge in [0.05, 0.1) is 60.7 Å². The van der Waals surface area contributed by atoms with Crippen molar-refractivity contribution in [2.75, 3.05) is 25.3 Å². The van der Waals surface area contributed by atoms with E-state index in [4.69, 9.17) is 26.6 Å². The van der Waals surface area contributed by atoms with Crippen molar-refractivity contribution in [1.82, 2.24) is 29.1 Å². The number of halogens is 5. The van der Waals surface area contributed by atoms with Crippen molar-refractivity contribution in [1.29, 1.82) is 0 Å². The molecule has 4 N–H and O–H groups in total. The van der Waals surface area contributed by atoms with Crippen LogP contribution in [0.2, 0.25) is 5.28 Å². The number of anilines is 3. The summed E-state index contributed by atoms with van der Waals surface area (Å²) in [5.41, 5.74) is 11.2. The number of para-hydroxylation sites is 2. The average Bonchev–Trinajstić information content (AvgIpc) is 4.37. The van der Waals surface area contributed by atoms with Gasteiger partial charge in [-0.15, -0.1) is 0 Å². The highest BCUT2D eigenvalue weighted by molar-refractivity contribution is 9.11. The monoisotopic (exact) mass is 1200 g/mol. The largest absolute Gasteiger partial charge is 0.494 e. The van der Waals surface area contributed by atoms with E-state index in [2.05, 4.69) is 120 Å². The lowest BCUT2D eigenvalue weighted by Crippen LogP contribution is -2.03. The second-order valence-electron chi connectivity index (χ2n) is 17.1. The maximum absolute atomic E-state index is 14.0. The van der Waals surface area contributed by atoms with Crippen LogP contribution in [0.5, 0.6) is 11.5 Å². The molecule has 4 aromatic heterocycles. The number of aromatic nitrogens is 6. The summed E-state index contributed by atoms with van der Waals surface area (Å²) in [5.74, 6) is -1.56. The van der Waals surface area contributed by atoms with Gasteiger partial charge in [0.2, 0.25) is 22.9 Å². The number of nitrogens with one attached hydrogen (secondary N) is 1. The number of rotatable bonds is 11. The first kappa shape index (κ1) is 54.6. The number of nitro groups is 2. The topological polar surface area (TPSA) is 259 Å². The molecule has 0 amide bonds. The van der Waals surface area contributed by atoms with E-state index in [-0.39, 0.29) is 39.0 Å². The molecule has 0 atom stereocenters. The van der Waals surface area contributed by atoms with Crippen LogP contribution in [-0.2, 0) is 10.1 Å². The molecule has 2 aliphatic rings. The molecule has 0 aliphatic heterocycles. The molecule has 9 aromatic rings. The highest BCUT2D eigenvalue weighted by Crippen LogP contribution is 2.44. The van der Waals surface area contributed by atoms with Crippen LogP contribution in [0.25, 0.3) is 44.3 Å². The molecule has 25 heteroatoms. The van der Waals surface area contributed by atoms with Crippen LogP contribution in [0.4, 0.5) is 37.5 Å². The number of hydrogen-bond donors (Lipinski definition) is 3. The Kier molecular flexibility index (Phi) is 16.6. The Balaban J connectivity index is 0.000000148. The van der Waals surface area contributed by atoms with Gasteiger partial charge in [-0.2, -0.15) is 17.2 Å². The molecular weight excluding hydrogens is 1160 g/mol. The molecule has 2 fully saturated rings. The van der Waals surface area contributed by atoms with Crippen molar-refractivity contribution in [2.45, 2.75) is 49.6 Å². The van der Waals surface area contributed by atoms with Crippen LogP contribution >= 0.6 is 43.5 Å². The number of nitrogens with zero attached hydrogens (tertiary/aromatic N) is 8. The zero-order chi connectivity index (χ0) is 54.6. The molecule has 0 unspecified atom stereocenters. The second-order valence-corrected chi connectivity index (χ2v) is 20.6. The van der Waals surface area contributed by atoms with Crippen LogP contribution in [0.15, 0.2) is 136 Å². The molecule has 19 nitrogen and oxygen atoms in total. The van der Waals surface area contributed by atoms with Crippen LogP contribution in [0.3, 0.4) is 0 Å². The number of fused-ring (bicyclic) bond motifs is 2. The molecular formula is C51H43Br2ClF2N10O9S.